The van der Waals surface area contributed by atoms with E-state index in [1.165, 1.54) is 18.2 Å². The van der Waals surface area contributed by atoms with Crippen LogP contribution in [-0.4, -0.2) is 23.8 Å². The lowest BCUT2D eigenvalue weighted by atomic mass is 10.1. The summed E-state index contributed by atoms with van der Waals surface area (Å²) in [5.41, 5.74) is 0.0983. The van der Waals surface area contributed by atoms with Crippen molar-refractivity contribution < 1.29 is 23.1 Å². The molecule has 3 nitrogen and oxygen atoms in total. The van der Waals surface area contributed by atoms with Crippen LogP contribution in [0.2, 0.25) is 10.0 Å². The van der Waals surface area contributed by atoms with Gasteiger partial charge in [0, 0.05) is 0 Å². The van der Waals surface area contributed by atoms with E-state index in [0.29, 0.717) is 0 Å². The third-order valence-corrected chi connectivity index (χ3v) is 2.77. The smallest absolute Gasteiger partial charge is 0.401 e. The highest BCUT2D eigenvalue weighted by atomic mass is 35.5. The molecule has 1 aromatic rings. The molecule has 0 aliphatic carbocycles. The molecule has 0 bridgehead atoms. The summed E-state index contributed by atoms with van der Waals surface area (Å²) in [5.74, 6) is -1.43. The summed E-state index contributed by atoms with van der Waals surface area (Å²) in [6.45, 7) is -1.41. The Bertz CT molecular complexity index is 451. The van der Waals surface area contributed by atoms with Crippen molar-refractivity contribution in [2.75, 3.05) is 6.54 Å². The average Bonchev–Trinajstić information content (AvgIpc) is 2.21. The van der Waals surface area contributed by atoms with Crippen molar-refractivity contribution >= 4 is 29.2 Å². The summed E-state index contributed by atoms with van der Waals surface area (Å²) in [6.07, 6.45) is -4.50. The highest BCUT2D eigenvalue weighted by Gasteiger charge is 2.30. The summed E-state index contributed by atoms with van der Waals surface area (Å²) in [6, 6.07) is 2.34. The van der Waals surface area contributed by atoms with Gasteiger partial charge in [0.15, 0.2) is 0 Å². The van der Waals surface area contributed by atoms with Gasteiger partial charge in [0.2, 0.25) is 0 Å². The maximum atomic E-state index is 12.0. The first-order valence-electron chi connectivity index (χ1n) is 4.68. The molecule has 0 fully saturated rings. The van der Waals surface area contributed by atoms with Crippen molar-refractivity contribution in [2.24, 2.45) is 0 Å². The van der Waals surface area contributed by atoms with Crippen LogP contribution in [0.3, 0.4) is 0 Å². The molecule has 0 spiro atoms. The number of nitrogens with one attached hydrogen (secondary N) is 1. The second-order valence-electron chi connectivity index (χ2n) is 3.44. The van der Waals surface area contributed by atoms with E-state index in [1.807, 2.05) is 5.32 Å². The maximum absolute atomic E-state index is 12.0. The van der Waals surface area contributed by atoms with Crippen LogP contribution in [0.1, 0.15) is 11.6 Å². The van der Waals surface area contributed by atoms with Crippen molar-refractivity contribution in [3.05, 3.63) is 33.8 Å². The predicted octanol–water partition coefficient (Wildman–Crippen LogP) is 3.27. The van der Waals surface area contributed by atoms with Crippen LogP contribution >= 0.6 is 23.2 Å². The van der Waals surface area contributed by atoms with Gasteiger partial charge in [0.25, 0.3) is 0 Å². The van der Waals surface area contributed by atoms with Gasteiger partial charge in [-0.15, -0.1) is 0 Å². The maximum Gasteiger partial charge on any atom is 0.401 e. The second kappa shape index (κ2) is 5.77. The third kappa shape index (κ3) is 4.36. The molecular weight excluding hydrogens is 294 g/mol. The van der Waals surface area contributed by atoms with E-state index < -0.39 is 24.7 Å². The van der Waals surface area contributed by atoms with Gasteiger partial charge < -0.3 is 5.11 Å². The zero-order valence-corrected chi connectivity index (χ0v) is 10.3. The molecule has 100 valence electrons. The minimum Gasteiger partial charge on any atom is -0.480 e. The molecule has 0 aromatic heterocycles. The number of aliphatic carboxylic acids is 1. The van der Waals surface area contributed by atoms with Crippen LogP contribution in [0.25, 0.3) is 0 Å². The Hall–Kier alpha value is -0.980. The van der Waals surface area contributed by atoms with Crippen LogP contribution < -0.4 is 5.32 Å². The summed E-state index contributed by atoms with van der Waals surface area (Å²) in [4.78, 5) is 10.9. The molecule has 0 amide bonds. The van der Waals surface area contributed by atoms with Crippen molar-refractivity contribution in [3.8, 4) is 0 Å². The molecule has 0 heterocycles. The molecule has 1 unspecified atom stereocenters. The van der Waals surface area contributed by atoms with E-state index in [9.17, 15) is 18.0 Å². The van der Waals surface area contributed by atoms with Gasteiger partial charge in [-0.3, -0.25) is 10.1 Å². The fraction of sp³-hybridized carbons (Fsp3) is 0.300. The van der Waals surface area contributed by atoms with E-state index in [0.717, 1.165) is 0 Å². The molecule has 0 aliphatic rings. The van der Waals surface area contributed by atoms with E-state index in [4.69, 9.17) is 28.3 Å². The van der Waals surface area contributed by atoms with Gasteiger partial charge >= 0.3 is 12.1 Å². The number of carbonyl (C=O) groups is 1. The number of benzene rings is 1. The standard InChI is InChI=1S/C10H8Cl2F3NO2/c11-6-2-1-5(3-7(6)12)8(9(17)18)16-4-10(13,14)15/h1-3,8,16H,4H2,(H,17,18). The first-order chi connectivity index (χ1) is 8.20. The Labute approximate surface area is 110 Å². The van der Waals surface area contributed by atoms with Crippen molar-refractivity contribution in [1.29, 1.82) is 0 Å². The normalized spacial score (nSPS) is 13.4. The Balaban J connectivity index is 2.91. The number of halogens is 5. The van der Waals surface area contributed by atoms with Gasteiger partial charge in [0.05, 0.1) is 16.6 Å². The highest BCUT2D eigenvalue weighted by molar-refractivity contribution is 6.42. The van der Waals surface area contributed by atoms with Crippen molar-refractivity contribution in [1.82, 2.24) is 5.32 Å². The molecule has 18 heavy (non-hydrogen) atoms. The van der Waals surface area contributed by atoms with Gasteiger partial charge in [-0.2, -0.15) is 13.2 Å². The molecule has 0 aliphatic heterocycles. The number of carboxylic acids is 1. The van der Waals surface area contributed by atoms with E-state index in [2.05, 4.69) is 0 Å². The third-order valence-electron chi connectivity index (χ3n) is 2.03. The lowest BCUT2D eigenvalue weighted by Crippen LogP contribution is -2.36. The minimum absolute atomic E-state index is 0.0780. The van der Waals surface area contributed by atoms with Crippen LogP contribution in [0, 0.1) is 0 Å². The zero-order chi connectivity index (χ0) is 13.9. The quantitative estimate of drug-likeness (QED) is 0.897. The lowest BCUT2D eigenvalue weighted by molar-refractivity contribution is -0.143. The van der Waals surface area contributed by atoms with Gasteiger partial charge in [-0.1, -0.05) is 29.3 Å². The monoisotopic (exact) mass is 301 g/mol. The average molecular weight is 302 g/mol. The fourth-order valence-electron chi connectivity index (χ4n) is 1.26. The van der Waals surface area contributed by atoms with Crippen molar-refractivity contribution in [2.45, 2.75) is 12.2 Å². The van der Waals surface area contributed by atoms with Gasteiger partial charge in [-0.05, 0) is 17.7 Å². The summed E-state index contributed by atoms with van der Waals surface area (Å²) in [5, 5.41) is 11.0. The molecule has 2 N–H and O–H groups in total. The lowest BCUT2D eigenvalue weighted by Gasteiger charge is -2.16. The Morgan fingerprint density at radius 1 is 1.33 bits per heavy atom. The molecule has 0 saturated heterocycles. The van der Waals surface area contributed by atoms with Crippen LogP contribution in [-0.2, 0) is 4.79 Å². The molecule has 0 radical (unpaired) electrons. The van der Waals surface area contributed by atoms with Gasteiger partial charge in [0.1, 0.15) is 6.04 Å². The minimum atomic E-state index is -4.50. The molecule has 1 aromatic carbocycles. The Morgan fingerprint density at radius 2 is 1.94 bits per heavy atom. The number of hydrogen-bond acceptors (Lipinski definition) is 2. The fourth-order valence-corrected chi connectivity index (χ4v) is 1.56. The van der Waals surface area contributed by atoms with Crippen LogP contribution in [0.4, 0.5) is 13.2 Å². The van der Waals surface area contributed by atoms with Crippen molar-refractivity contribution in [3.63, 3.8) is 0 Å². The molecule has 8 heteroatoms. The molecule has 1 atom stereocenters. The SMILES string of the molecule is O=C(O)C(NCC(F)(F)F)c1ccc(Cl)c(Cl)c1. The van der Waals surface area contributed by atoms with Crippen LogP contribution in [0.15, 0.2) is 18.2 Å². The Morgan fingerprint density at radius 3 is 2.39 bits per heavy atom. The summed E-state index contributed by atoms with van der Waals surface area (Å²) < 4.78 is 36.1. The Kier molecular flexibility index (Phi) is 4.84. The number of hydrogen-bond donors (Lipinski definition) is 2. The number of carboxylic acid groups (broad SMARTS) is 1. The zero-order valence-electron chi connectivity index (χ0n) is 8.76. The number of rotatable bonds is 4. The number of alkyl halides is 3. The van der Waals surface area contributed by atoms with E-state index in [1.54, 1.807) is 0 Å². The van der Waals surface area contributed by atoms with Gasteiger partial charge in [-0.25, -0.2) is 0 Å². The topological polar surface area (TPSA) is 49.3 Å². The second-order valence-corrected chi connectivity index (χ2v) is 4.26. The van der Waals surface area contributed by atoms with Crippen LogP contribution in [0.5, 0.6) is 0 Å². The molecule has 0 saturated carbocycles. The first-order valence-corrected chi connectivity index (χ1v) is 5.44. The largest absolute Gasteiger partial charge is 0.480 e. The first kappa shape index (κ1) is 15.1. The van der Waals surface area contributed by atoms with E-state index >= 15 is 0 Å². The van der Waals surface area contributed by atoms with E-state index in [-0.39, 0.29) is 15.6 Å². The molecule has 1 rings (SSSR count). The molecular formula is C10H8Cl2F3NO2. The highest BCUT2D eigenvalue weighted by Crippen LogP contribution is 2.26. The summed E-state index contributed by atoms with van der Waals surface area (Å²) in [7, 11) is 0. The predicted molar refractivity (Wildman–Crippen MR) is 60.9 cm³/mol. The summed E-state index contributed by atoms with van der Waals surface area (Å²) >= 11 is 11.3.